The molecule has 0 bridgehead atoms. The Morgan fingerprint density at radius 2 is 1.24 bits per heavy atom. The summed E-state index contributed by atoms with van der Waals surface area (Å²) in [6.45, 7) is 5.44. The zero-order valence-corrected chi connectivity index (χ0v) is 27.4. The summed E-state index contributed by atoms with van der Waals surface area (Å²) in [4.78, 5) is 23.0. The summed E-state index contributed by atoms with van der Waals surface area (Å²) in [6, 6.07) is 14.7. The minimum atomic E-state index is -1.12. The second-order valence-electron chi connectivity index (χ2n) is 11.4. The number of nitrogens with zero attached hydrogens (tertiary/aromatic N) is 5. The normalized spacial score (nSPS) is 12.7. The van der Waals surface area contributed by atoms with Crippen molar-refractivity contribution in [3.8, 4) is 34.3 Å². The first kappa shape index (κ1) is 34.5. The molecule has 1 aliphatic rings. The minimum absolute atomic E-state index is 0.0687. The Hall–Kier alpha value is -6.36. The summed E-state index contributed by atoms with van der Waals surface area (Å²) >= 11 is 0. The van der Waals surface area contributed by atoms with Crippen LogP contribution >= 0.6 is 0 Å². The predicted molar refractivity (Wildman–Crippen MR) is 174 cm³/mol. The quantitative estimate of drug-likeness (QED) is 0.130. The number of amides is 1. The smallest absolute Gasteiger partial charge is 0.354 e. The molecule has 264 valence electrons. The van der Waals surface area contributed by atoms with Crippen molar-refractivity contribution in [3.05, 3.63) is 106 Å². The molecule has 15 nitrogen and oxygen atoms in total. The molecule has 0 saturated carbocycles. The van der Waals surface area contributed by atoms with E-state index < -0.39 is 5.97 Å². The molecule has 17 heteroatoms. The lowest BCUT2D eigenvalue weighted by molar-refractivity contribution is 0.0689. The minimum Gasteiger partial charge on any atom is -0.477 e. The van der Waals surface area contributed by atoms with Crippen molar-refractivity contribution < 1.29 is 42.0 Å². The number of H-pyrrole nitrogens is 2. The number of carboxylic acids is 1. The van der Waals surface area contributed by atoms with Gasteiger partial charge >= 0.3 is 5.97 Å². The van der Waals surface area contributed by atoms with Gasteiger partial charge in [0.15, 0.2) is 0 Å². The van der Waals surface area contributed by atoms with E-state index in [4.69, 9.17) is 23.6 Å². The molecular formula is C34H32F2N8O7. The Kier molecular flexibility index (Phi) is 10.5. The Morgan fingerprint density at radius 3 is 1.69 bits per heavy atom. The topological polar surface area (TPSA) is 198 Å². The van der Waals surface area contributed by atoms with Gasteiger partial charge in [0.05, 0.1) is 11.1 Å². The van der Waals surface area contributed by atoms with Gasteiger partial charge in [-0.3, -0.25) is 20.4 Å². The molecule has 51 heavy (non-hydrogen) atoms. The number of nitrogens with one attached hydrogen (secondary N) is 3. The monoisotopic (exact) mass is 702 g/mol. The Balaban J connectivity index is 0.000000179. The molecule has 6 aromatic rings. The molecule has 1 fully saturated rings. The van der Waals surface area contributed by atoms with Crippen LogP contribution in [0.25, 0.3) is 22.5 Å². The molecule has 2 aromatic carbocycles. The van der Waals surface area contributed by atoms with Gasteiger partial charge in [-0.1, -0.05) is 10.3 Å². The van der Waals surface area contributed by atoms with Gasteiger partial charge in [0.25, 0.3) is 5.91 Å². The lowest BCUT2D eigenvalue weighted by Gasteiger charge is -2.14. The van der Waals surface area contributed by atoms with Crippen LogP contribution in [0.15, 0.2) is 69.7 Å². The molecule has 1 saturated heterocycles. The fraction of sp³-hybridized carbons (Fsp3) is 0.235. The van der Waals surface area contributed by atoms with Crippen LogP contribution in [0.5, 0.6) is 11.8 Å². The highest BCUT2D eigenvalue weighted by Crippen LogP contribution is 2.28. The molecule has 0 aliphatic carbocycles. The van der Waals surface area contributed by atoms with Gasteiger partial charge in [-0.25, -0.2) is 18.6 Å². The number of hydrogen-bond donors (Lipinski definition) is 4. The third-order valence-corrected chi connectivity index (χ3v) is 7.88. The number of carboxylic acid groups (broad SMARTS) is 1. The van der Waals surface area contributed by atoms with Crippen LogP contribution in [-0.2, 0) is 13.2 Å². The van der Waals surface area contributed by atoms with E-state index >= 15 is 0 Å². The summed E-state index contributed by atoms with van der Waals surface area (Å²) in [5.74, 6) is -0.453. The largest absolute Gasteiger partial charge is 0.477 e. The highest BCUT2D eigenvalue weighted by atomic mass is 19.1. The standard InChI is InChI=1S/C19H20FN5O3.C15H12FN3O4/c1-12-15(18(24-28-12)13-4-6-14(20)7-5-13)11-27-17-10-16(21-22-17)19(26)23-25-8-2-3-9-25;1-8-11(7-22-13-6-12(15(20)21)17-18-13)14(19-23-8)9-2-4-10(16)5-3-9/h4-7,10H,2-3,8-9,11H2,1H3,(H,21,22)(H,23,26);2-6H,7H2,1H3,(H,17,18)(H,20,21). The zero-order valence-electron chi connectivity index (χ0n) is 27.4. The third kappa shape index (κ3) is 8.45. The van der Waals surface area contributed by atoms with Crippen molar-refractivity contribution >= 4 is 11.9 Å². The number of aromatic amines is 2. The van der Waals surface area contributed by atoms with Crippen LogP contribution < -0.4 is 14.9 Å². The lowest BCUT2D eigenvalue weighted by Crippen LogP contribution is -2.40. The lowest BCUT2D eigenvalue weighted by atomic mass is 10.1. The van der Waals surface area contributed by atoms with Crippen LogP contribution in [0.2, 0.25) is 0 Å². The second kappa shape index (κ2) is 15.5. The van der Waals surface area contributed by atoms with Crippen molar-refractivity contribution in [3.63, 3.8) is 0 Å². The number of aromatic carboxylic acids is 1. The molecule has 4 N–H and O–H groups in total. The molecule has 5 heterocycles. The molecule has 7 rings (SSSR count). The van der Waals surface area contributed by atoms with Crippen LogP contribution in [0.4, 0.5) is 8.78 Å². The van der Waals surface area contributed by atoms with Crippen LogP contribution in [0.1, 0.15) is 56.5 Å². The Labute approximate surface area is 288 Å². The number of hydrogen-bond acceptors (Lipinski definition) is 11. The number of rotatable bonds is 11. The maximum atomic E-state index is 13.2. The number of carbonyl (C=O) groups is 2. The SMILES string of the molecule is Cc1onc(-c2ccc(F)cc2)c1COc1cc(C(=O)NN2CCCC2)[nH]n1.Cc1onc(-c2ccc(F)cc2)c1COc1cc(C(=O)O)[nH]n1. The highest BCUT2D eigenvalue weighted by Gasteiger charge is 2.20. The maximum Gasteiger partial charge on any atom is 0.354 e. The van der Waals surface area contributed by atoms with Crippen molar-refractivity contribution in [1.29, 1.82) is 0 Å². The van der Waals surface area contributed by atoms with Crippen molar-refractivity contribution in [2.75, 3.05) is 13.1 Å². The fourth-order valence-corrected chi connectivity index (χ4v) is 5.10. The van der Waals surface area contributed by atoms with Gasteiger partial charge < -0.3 is 23.6 Å². The summed E-state index contributed by atoms with van der Waals surface area (Å²) in [5, 5.41) is 31.5. The number of aryl methyl sites for hydroxylation is 2. The van der Waals surface area contributed by atoms with E-state index in [9.17, 15) is 18.4 Å². The van der Waals surface area contributed by atoms with E-state index in [1.165, 1.54) is 30.3 Å². The van der Waals surface area contributed by atoms with E-state index in [1.807, 2.05) is 5.01 Å². The molecule has 4 aromatic heterocycles. The molecule has 0 radical (unpaired) electrons. The molecular weight excluding hydrogens is 670 g/mol. The molecule has 0 unspecified atom stereocenters. The third-order valence-electron chi connectivity index (χ3n) is 7.88. The van der Waals surface area contributed by atoms with E-state index in [1.54, 1.807) is 44.2 Å². The number of hydrazine groups is 1. The first-order chi connectivity index (χ1) is 24.6. The van der Waals surface area contributed by atoms with Crippen LogP contribution in [0, 0.1) is 25.5 Å². The highest BCUT2D eigenvalue weighted by molar-refractivity contribution is 5.92. The van der Waals surface area contributed by atoms with E-state index in [0.717, 1.165) is 37.1 Å². The van der Waals surface area contributed by atoms with Crippen molar-refractivity contribution in [2.45, 2.75) is 39.9 Å². The average Bonchev–Trinajstić information content (AvgIpc) is 3.97. The van der Waals surface area contributed by atoms with Gasteiger partial charge in [-0.15, -0.1) is 10.2 Å². The van der Waals surface area contributed by atoms with Crippen LogP contribution in [-0.4, -0.2) is 65.8 Å². The first-order valence-electron chi connectivity index (χ1n) is 15.7. The molecule has 0 spiro atoms. The molecule has 1 aliphatic heterocycles. The summed E-state index contributed by atoms with van der Waals surface area (Å²) in [6.07, 6.45) is 2.15. The number of carbonyl (C=O) groups excluding carboxylic acids is 1. The van der Waals surface area contributed by atoms with Gasteiger partial charge in [-0.2, -0.15) is 0 Å². The van der Waals surface area contributed by atoms with Gasteiger partial charge in [0, 0.05) is 36.3 Å². The predicted octanol–water partition coefficient (Wildman–Crippen LogP) is 5.62. The zero-order chi connectivity index (χ0) is 35.9. The number of aromatic nitrogens is 6. The van der Waals surface area contributed by atoms with Gasteiger partial charge in [0.1, 0.15) is 59.1 Å². The summed E-state index contributed by atoms with van der Waals surface area (Å²) in [7, 11) is 0. The van der Waals surface area contributed by atoms with E-state index in [0.29, 0.717) is 39.7 Å². The Morgan fingerprint density at radius 1 is 0.784 bits per heavy atom. The van der Waals surface area contributed by atoms with Crippen molar-refractivity contribution in [2.24, 2.45) is 0 Å². The average molecular weight is 703 g/mol. The first-order valence-corrected chi connectivity index (χ1v) is 15.7. The van der Waals surface area contributed by atoms with Crippen LogP contribution in [0.3, 0.4) is 0 Å². The number of benzene rings is 2. The Bertz CT molecular complexity index is 2100. The number of ether oxygens (including phenoxy) is 2. The second-order valence-corrected chi connectivity index (χ2v) is 11.4. The molecule has 1 amide bonds. The number of halogens is 2. The fourth-order valence-electron chi connectivity index (χ4n) is 5.10. The van der Waals surface area contributed by atoms with E-state index in [2.05, 4.69) is 36.1 Å². The summed E-state index contributed by atoms with van der Waals surface area (Å²) in [5.41, 5.74) is 7.04. The van der Waals surface area contributed by atoms with Gasteiger partial charge in [-0.05, 0) is 75.2 Å². The van der Waals surface area contributed by atoms with E-state index in [-0.39, 0.29) is 48.2 Å². The summed E-state index contributed by atoms with van der Waals surface area (Å²) < 4.78 is 47.8. The van der Waals surface area contributed by atoms with Crippen molar-refractivity contribution in [1.82, 2.24) is 41.1 Å². The van der Waals surface area contributed by atoms with Gasteiger partial charge in [0.2, 0.25) is 11.8 Å². The maximum absolute atomic E-state index is 13.2. The molecule has 0 atom stereocenters.